The molecule has 4 nitrogen and oxygen atoms in total. The summed E-state index contributed by atoms with van der Waals surface area (Å²) in [5, 5.41) is 0.803. The fraction of sp³-hybridized carbons (Fsp3) is 0.0833. The van der Waals surface area contributed by atoms with Crippen molar-refractivity contribution in [3.05, 3.63) is 109 Å². The average molecular weight is 481 g/mol. The first-order chi connectivity index (χ1) is 14.4. The molecule has 6 heteroatoms. The number of aryl methyl sites for hydroxylation is 1. The second-order valence-corrected chi connectivity index (χ2v) is 8.63. The van der Waals surface area contributed by atoms with Crippen LogP contribution in [0.25, 0.3) is 11.0 Å². The summed E-state index contributed by atoms with van der Waals surface area (Å²) >= 11 is 9.57. The summed E-state index contributed by atoms with van der Waals surface area (Å²) in [6, 6.07) is 19.5. The van der Waals surface area contributed by atoms with Crippen LogP contribution >= 0.6 is 27.5 Å². The maximum Gasteiger partial charge on any atom is 0.295 e. The molecule has 1 unspecified atom stereocenters. The molecule has 4 aromatic rings. The van der Waals surface area contributed by atoms with Crippen LogP contribution in [-0.4, -0.2) is 5.91 Å². The highest BCUT2D eigenvalue weighted by Gasteiger charge is 2.43. The molecule has 1 aromatic heterocycles. The highest BCUT2D eigenvalue weighted by Crippen LogP contribution is 2.41. The molecule has 0 fully saturated rings. The van der Waals surface area contributed by atoms with Gasteiger partial charge in [0.05, 0.1) is 17.0 Å². The van der Waals surface area contributed by atoms with Crippen molar-refractivity contribution < 1.29 is 9.21 Å². The summed E-state index contributed by atoms with van der Waals surface area (Å²) in [4.78, 5) is 28.6. The van der Waals surface area contributed by atoms with Crippen molar-refractivity contribution in [2.75, 3.05) is 4.90 Å². The molecule has 0 saturated heterocycles. The van der Waals surface area contributed by atoms with Gasteiger partial charge in [-0.15, -0.1) is 0 Å². The van der Waals surface area contributed by atoms with Gasteiger partial charge in [-0.25, -0.2) is 0 Å². The fourth-order valence-electron chi connectivity index (χ4n) is 3.95. The predicted molar refractivity (Wildman–Crippen MR) is 121 cm³/mol. The second-order valence-electron chi connectivity index (χ2n) is 7.28. The average Bonchev–Trinajstić information content (AvgIpc) is 3.02. The highest BCUT2D eigenvalue weighted by molar-refractivity contribution is 9.10. The Balaban J connectivity index is 1.83. The van der Waals surface area contributed by atoms with Crippen LogP contribution in [0.2, 0.25) is 5.02 Å². The number of halogens is 2. The van der Waals surface area contributed by atoms with Crippen LogP contribution in [0.1, 0.15) is 33.3 Å². The van der Waals surface area contributed by atoms with Gasteiger partial charge in [0.15, 0.2) is 5.43 Å². The summed E-state index contributed by atoms with van der Waals surface area (Å²) in [5.41, 5.74) is 2.98. The fourth-order valence-corrected chi connectivity index (χ4v) is 4.39. The number of hydrogen-bond donors (Lipinski definition) is 0. The van der Waals surface area contributed by atoms with Crippen LogP contribution in [0, 0.1) is 6.92 Å². The van der Waals surface area contributed by atoms with Gasteiger partial charge in [0.2, 0.25) is 5.76 Å². The quantitative estimate of drug-likeness (QED) is 0.340. The zero-order valence-corrected chi connectivity index (χ0v) is 18.2. The topological polar surface area (TPSA) is 50.5 Å². The number of hydrogen-bond acceptors (Lipinski definition) is 3. The molecule has 1 aliphatic rings. The highest BCUT2D eigenvalue weighted by atomic mass is 79.9. The van der Waals surface area contributed by atoms with Gasteiger partial charge in [-0.3, -0.25) is 14.5 Å². The molecule has 2 heterocycles. The van der Waals surface area contributed by atoms with Gasteiger partial charge in [-0.2, -0.15) is 0 Å². The molecule has 0 aliphatic carbocycles. The van der Waals surface area contributed by atoms with Crippen LogP contribution < -0.4 is 10.3 Å². The predicted octanol–water partition coefficient (Wildman–Crippen LogP) is 6.27. The molecular formula is C24H15BrClNO3. The monoisotopic (exact) mass is 479 g/mol. The molecule has 5 rings (SSSR count). The lowest BCUT2D eigenvalue weighted by molar-refractivity contribution is 0.0971. The molecule has 0 N–H and O–H groups in total. The zero-order chi connectivity index (χ0) is 21.0. The second kappa shape index (κ2) is 7.11. The van der Waals surface area contributed by atoms with Crippen molar-refractivity contribution in [2.45, 2.75) is 13.0 Å². The first-order valence-corrected chi connectivity index (χ1v) is 10.5. The van der Waals surface area contributed by atoms with Crippen molar-refractivity contribution >= 4 is 50.1 Å². The Bertz CT molecular complexity index is 1380. The van der Waals surface area contributed by atoms with E-state index in [0.29, 0.717) is 27.2 Å². The van der Waals surface area contributed by atoms with Gasteiger partial charge in [0, 0.05) is 15.2 Å². The number of fused-ring (bicyclic) bond motifs is 2. The minimum atomic E-state index is -0.595. The van der Waals surface area contributed by atoms with Crippen molar-refractivity contribution in [3.63, 3.8) is 0 Å². The van der Waals surface area contributed by atoms with E-state index in [-0.39, 0.29) is 17.1 Å². The maximum absolute atomic E-state index is 13.5. The Labute approximate surface area is 185 Å². The molecule has 30 heavy (non-hydrogen) atoms. The number of nitrogens with zero attached hydrogens (tertiary/aromatic N) is 1. The lowest BCUT2D eigenvalue weighted by atomic mass is 9.98. The van der Waals surface area contributed by atoms with E-state index in [9.17, 15) is 9.59 Å². The van der Waals surface area contributed by atoms with E-state index >= 15 is 0 Å². The lowest BCUT2D eigenvalue weighted by Gasteiger charge is -2.25. The van der Waals surface area contributed by atoms with E-state index in [0.717, 1.165) is 15.6 Å². The van der Waals surface area contributed by atoms with E-state index in [1.54, 1.807) is 23.1 Å². The van der Waals surface area contributed by atoms with Crippen LogP contribution in [0.4, 0.5) is 5.69 Å². The smallest absolute Gasteiger partial charge is 0.295 e. The maximum atomic E-state index is 13.5. The molecule has 3 aromatic carbocycles. The Morgan fingerprint density at radius 3 is 2.50 bits per heavy atom. The Hall–Kier alpha value is -2.89. The first kappa shape index (κ1) is 19.1. The molecule has 1 aliphatic heterocycles. The summed E-state index contributed by atoms with van der Waals surface area (Å²) in [6.07, 6.45) is 0. The minimum Gasteiger partial charge on any atom is -0.450 e. The van der Waals surface area contributed by atoms with E-state index in [1.165, 1.54) is 0 Å². The number of carbonyl (C=O) groups is 1. The van der Waals surface area contributed by atoms with E-state index in [2.05, 4.69) is 15.9 Å². The molecule has 0 radical (unpaired) electrons. The van der Waals surface area contributed by atoms with Gasteiger partial charge < -0.3 is 4.42 Å². The number of rotatable bonds is 2. The Kier molecular flexibility index (Phi) is 4.53. The van der Waals surface area contributed by atoms with Crippen molar-refractivity contribution in [2.24, 2.45) is 0 Å². The third kappa shape index (κ3) is 2.97. The van der Waals surface area contributed by atoms with Crippen molar-refractivity contribution in [3.8, 4) is 0 Å². The van der Waals surface area contributed by atoms with E-state index < -0.39 is 6.04 Å². The molecule has 0 spiro atoms. The van der Waals surface area contributed by atoms with Crippen LogP contribution in [0.5, 0.6) is 0 Å². The van der Waals surface area contributed by atoms with Gasteiger partial charge >= 0.3 is 0 Å². The van der Waals surface area contributed by atoms with Gasteiger partial charge in [0.1, 0.15) is 5.58 Å². The van der Waals surface area contributed by atoms with E-state index in [1.807, 2.05) is 55.5 Å². The van der Waals surface area contributed by atoms with Crippen LogP contribution in [-0.2, 0) is 0 Å². The third-order valence-electron chi connectivity index (χ3n) is 5.30. The number of carbonyl (C=O) groups excluding carboxylic acids is 1. The van der Waals surface area contributed by atoms with Gasteiger partial charge in [-0.1, -0.05) is 51.8 Å². The molecule has 1 amide bonds. The largest absolute Gasteiger partial charge is 0.450 e. The molecule has 0 bridgehead atoms. The zero-order valence-electron chi connectivity index (χ0n) is 15.9. The summed E-state index contributed by atoms with van der Waals surface area (Å²) in [7, 11) is 0. The molecule has 148 valence electrons. The number of amides is 1. The lowest BCUT2D eigenvalue weighted by Crippen LogP contribution is -2.29. The molecular weight excluding hydrogens is 466 g/mol. The van der Waals surface area contributed by atoms with Gasteiger partial charge in [-0.05, 0) is 60.5 Å². The summed E-state index contributed by atoms with van der Waals surface area (Å²) in [5.74, 6) is -0.262. The van der Waals surface area contributed by atoms with Crippen molar-refractivity contribution in [1.29, 1.82) is 0 Å². The number of anilines is 1. The number of benzene rings is 3. The van der Waals surface area contributed by atoms with E-state index in [4.69, 9.17) is 16.0 Å². The Morgan fingerprint density at radius 1 is 1.00 bits per heavy atom. The summed E-state index contributed by atoms with van der Waals surface area (Å²) < 4.78 is 6.86. The normalized spacial score (nSPS) is 15.6. The van der Waals surface area contributed by atoms with Gasteiger partial charge in [0.25, 0.3) is 5.91 Å². The SMILES string of the molecule is Cc1cccc(N2C(=O)c3oc4ccc(Cl)cc4c(=O)c3C2c2ccc(Br)cc2)c1. The summed E-state index contributed by atoms with van der Waals surface area (Å²) in [6.45, 7) is 1.96. The standard InChI is InChI=1S/C24H15BrClNO3/c1-13-3-2-4-17(11-13)27-21(14-5-7-15(25)8-6-14)20-22(28)18-12-16(26)9-10-19(18)30-23(20)24(27)29/h2-12,21H,1H3. The molecule has 0 saturated carbocycles. The minimum absolute atomic E-state index is 0.0734. The third-order valence-corrected chi connectivity index (χ3v) is 6.06. The van der Waals surface area contributed by atoms with Crippen LogP contribution in [0.3, 0.4) is 0 Å². The first-order valence-electron chi connectivity index (χ1n) is 9.36. The van der Waals surface area contributed by atoms with Crippen molar-refractivity contribution in [1.82, 2.24) is 0 Å². The van der Waals surface area contributed by atoms with Crippen LogP contribution in [0.15, 0.2) is 80.4 Å². The Morgan fingerprint density at radius 2 is 1.77 bits per heavy atom. The molecule has 1 atom stereocenters.